The molecule has 5 nitrogen and oxygen atoms in total. The van der Waals surface area contributed by atoms with Gasteiger partial charge in [0.2, 0.25) is 5.91 Å². The predicted molar refractivity (Wildman–Crippen MR) is 68.0 cm³/mol. The molecular formula is C13H21N3O2. The zero-order chi connectivity index (χ0) is 13.3. The molecule has 0 radical (unpaired) electrons. The van der Waals surface area contributed by atoms with Crippen molar-refractivity contribution < 1.29 is 9.32 Å². The minimum atomic E-state index is 0.0930. The van der Waals surface area contributed by atoms with Gasteiger partial charge in [0.15, 0.2) is 0 Å². The van der Waals surface area contributed by atoms with E-state index in [-0.39, 0.29) is 11.8 Å². The van der Waals surface area contributed by atoms with Crippen LogP contribution in [0.2, 0.25) is 0 Å². The molecule has 1 aromatic heterocycles. The van der Waals surface area contributed by atoms with Crippen LogP contribution in [-0.4, -0.2) is 36.1 Å². The molecule has 100 valence electrons. The summed E-state index contributed by atoms with van der Waals surface area (Å²) in [5, 5.41) is 7.18. The van der Waals surface area contributed by atoms with Gasteiger partial charge < -0.3 is 14.7 Å². The number of amides is 1. The third kappa shape index (κ3) is 2.41. The minimum absolute atomic E-state index is 0.0930. The number of hydrogen-bond donors (Lipinski definition) is 1. The fourth-order valence-electron chi connectivity index (χ4n) is 2.47. The molecule has 1 fully saturated rings. The second-order valence-electron chi connectivity index (χ2n) is 5.24. The van der Waals surface area contributed by atoms with E-state index in [0.29, 0.717) is 12.5 Å². The Kier molecular flexibility index (Phi) is 3.71. The van der Waals surface area contributed by atoms with Crippen LogP contribution in [0.5, 0.6) is 0 Å². The third-order valence-electron chi connectivity index (χ3n) is 3.79. The fourth-order valence-corrected chi connectivity index (χ4v) is 2.47. The van der Waals surface area contributed by atoms with Crippen molar-refractivity contribution >= 4 is 5.91 Å². The van der Waals surface area contributed by atoms with Gasteiger partial charge in [-0.25, -0.2) is 0 Å². The molecule has 18 heavy (non-hydrogen) atoms. The summed E-state index contributed by atoms with van der Waals surface area (Å²) in [4.78, 5) is 14.1. The Labute approximate surface area is 108 Å². The van der Waals surface area contributed by atoms with Crippen LogP contribution in [0.15, 0.2) is 4.52 Å². The van der Waals surface area contributed by atoms with E-state index in [1.165, 1.54) is 0 Å². The van der Waals surface area contributed by atoms with Crippen LogP contribution in [0.3, 0.4) is 0 Å². The van der Waals surface area contributed by atoms with E-state index in [1.807, 2.05) is 20.9 Å². The topological polar surface area (TPSA) is 58.4 Å². The monoisotopic (exact) mass is 251 g/mol. The molecule has 2 rings (SSSR count). The number of aromatic nitrogens is 1. The van der Waals surface area contributed by atoms with Crippen molar-refractivity contribution in [2.75, 3.05) is 20.1 Å². The van der Waals surface area contributed by atoms with Crippen molar-refractivity contribution in [1.82, 2.24) is 15.4 Å². The van der Waals surface area contributed by atoms with Gasteiger partial charge in [-0.2, -0.15) is 0 Å². The van der Waals surface area contributed by atoms with E-state index in [9.17, 15) is 4.79 Å². The van der Waals surface area contributed by atoms with Gasteiger partial charge in [0.1, 0.15) is 5.76 Å². The average Bonchev–Trinajstić information content (AvgIpc) is 2.88. The number of hydrogen-bond acceptors (Lipinski definition) is 4. The zero-order valence-corrected chi connectivity index (χ0v) is 11.5. The molecule has 0 bridgehead atoms. The fraction of sp³-hybridized carbons (Fsp3) is 0.692. The molecule has 1 aliphatic rings. The van der Waals surface area contributed by atoms with Crippen LogP contribution in [0.25, 0.3) is 0 Å². The molecule has 1 N–H and O–H groups in total. The maximum atomic E-state index is 12.3. The lowest BCUT2D eigenvalue weighted by molar-refractivity contribution is -0.135. The predicted octanol–water partition coefficient (Wildman–Crippen LogP) is 1.11. The van der Waals surface area contributed by atoms with Gasteiger partial charge in [-0.15, -0.1) is 0 Å². The number of aryl methyl sites for hydroxylation is 2. The summed E-state index contributed by atoms with van der Waals surface area (Å²) < 4.78 is 5.12. The van der Waals surface area contributed by atoms with Crippen LogP contribution in [0, 0.1) is 25.7 Å². The van der Waals surface area contributed by atoms with Crippen molar-refractivity contribution in [2.45, 2.75) is 27.3 Å². The van der Waals surface area contributed by atoms with E-state index in [1.54, 1.807) is 4.90 Å². The maximum absolute atomic E-state index is 12.3. The van der Waals surface area contributed by atoms with Crippen LogP contribution in [-0.2, 0) is 11.3 Å². The van der Waals surface area contributed by atoms with E-state index < -0.39 is 0 Å². The number of rotatable bonds is 3. The molecule has 2 heterocycles. The second-order valence-corrected chi connectivity index (χ2v) is 5.24. The molecule has 1 aromatic rings. The Bertz CT molecular complexity index is 422. The van der Waals surface area contributed by atoms with Gasteiger partial charge in [0.25, 0.3) is 0 Å². The summed E-state index contributed by atoms with van der Waals surface area (Å²) in [6, 6.07) is 0. The molecule has 0 saturated carbocycles. The summed E-state index contributed by atoms with van der Waals surface area (Å²) in [6.07, 6.45) is 0. The van der Waals surface area contributed by atoms with Crippen molar-refractivity contribution in [3.05, 3.63) is 17.0 Å². The smallest absolute Gasteiger partial charge is 0.227 e. The molecule has 2 unspecified atom stereocenters. The standard InChI is InChI=1S/C13H21N3O2/c1-8-5-14-6-11(8)13(17)16(4)7-12-9(2)15-18-10(12)3/h8,11,14H,5-7H2,1-4H3. The average molecular weight is 251 g/mol. The molecule has 5 heteroatoms. The third-order valence-corrected chi connectivity index (χ3v) is 3.79. The summed E-state index contributed by atoms with van der Waals surface area (Å²) >= 11 is 0. The second kappa shape index (κ2) is 5.10. The van der Waals surface area contributed by atoms with E-state index in [4.69, 9.17) is 4.52 Å². The first-order valence-electron chi connectivity index (χ1n) is 6.38. The first kappa shape index (κ1) is 13.1. The number of carbonyl (C=O) groups is 1. The van der Waals surface area contributed by atoms with Crippen LogP contribution >= 0.6 is 0 Å². The molecule has 0 aromatic carbocycles. The molecule has 1 saturated heterocycles. The van der Waals surface area contributed by atoms with Crippen molar-refractivity contribution in [1.29, 1.82) is 0 Å². The lowest BCUT2D eigenvalue weighted by atomic mass is 9.96. The van der Waals surface area contributed by atoms with E-state index in [0.717, 1.165) is 30.1 Å². The largest absolute Gasteiger partial charge is 0.361 e. The van der Waals surface area contributed by atoms with Gasteiger partial charge in [-0.1, -0.05) is 12.1 Å². The van der Waals surface area contributed by atoms with Gasteiger partial charge in [0.05, 0.1) is 18.2 Å². The van der Waals surface area contributed by atoms with Crippen LogP contribution in [0.4, 0.5) is 0 Å². The normalized spacial score (nSPS) is 23.3. The maximum Gasteiger partial charge on any atom is 0.227 e. The van der Waals surface area contributed by atoms with Gasteiger partial charge >= 0.3 is 0 Å². The lowest BCUT2D eigenvalue weighted by Crippen LogP contribution is -2.35. The molecular weight excluding hydrogens is 230 g/mol. The highest BCUT2D eigenvalue weighted by atomic mass is 16.5. The van der Waals surface area contributed by atoms with Crippen LogP contribution in [0.1, 0.15) is 23.9 Å². The van der Waals surface area contributed by atoms with Gasteiger partial charge in [-0.05, 0) is 26.3 Å². The number of nitrogens with zero attached hydrogens (tertiary/aromatic N) is 2. The molecule has 1 aliphatic heterocycles. The van der Waals surface area contributed by atoms with Gasteiger partial charge in [0, 0.05) is 19.2 Å². The minimum Gasteiger partial charge on any atom is -0.361 e. The van der Waals surface area contributed by atoms with E-state index >= 15 is 0 Å². The summed E-state index contributed by atoms with van der Waals surface area (Å²) in [5.41, 5.74) is 1.88. The summed E-state index contributed by atoms with van der Waals surface area (Å²) in [7, 11) is 1.85. The van der Waals surface area contributed by atoms with Crippen LogP contribution < -0.4 is 5.32 Å². The molecule has 1 amide bonds. The van der Waals surface area contributed by atoms with Gasteiger partial charge in [-0.3, -0.25) is 4.79 Å². The van der Waals surface area contributed by atoms with Crippen molar-refractivity contribution in [3.8, 4) is 0 Å². The quantitative estimate of drug-likeness (QED) is 0.874. The zero-order valence-electron chi connectivity index (χ0n) is 11.5. The SMILES string of the molecule is Cc1noc(C)c1CN(C)C(=O)C1CNCC1C. The highest BCUT2D eigenvalue weighted by Gasteiger charge is 2.31. The highest BCUT2D eigenvalue weighted by Crippen LogP contribution is 2.20. The lowest BCUT2D eigenvalue weighted by Gasteiger charge is -2.22. The Morgan fingerprint density at radius 2 is 2.22 bits per heavy atom. The Morgan fingerprint density at radius 1 is 1.50 bits per heavy atom. The Morgan fingerprint density at radius 3 is 2.72 bits per heavy atom. The number of carbonyl (C=O) groups excluding carboxylic acids is 1. The molecule has 2 atom stereocenters. The van der Waals surface area contributed by atoms with Crippen molar-refractivity contribution in [3.63, 3.8) is 0 Å². The summed E-state index contributed by atoms with van der Waals surface area (Å²) in [5.74, 6) is 1.50. The van der Waals surface area contributed by atoms with E-state index in [2.05, 4.69) is 17.4 Å². The first-order chi connectivity index (χ1) is 8.50. The number of nitrogens with one attached hydrogen (secondary N) is 1. The summed E-state index contributed by atoms with van der Waals surface area (Å²) in [6.45, 7) is 8.19. The first-order valence-corrected chi connectivity index (χ1v) is 6.38. The molecule has 0 aliphatic carbocycles. The van der Waals surface area contributed by atoms with Crippen molar-refractivity contribution in [2.24, 2.45) is 11.8 Å². The highest BCUT2D eigenvalue weighted by molar-refractivity contribution is 5.79. The molecule has 0 spiro atoms. The Hall–Kier alpha value is -1.36. The Balaban J connectivity index is 2.04.